The summed E-state index contributed by atoms with van der Waals surface area (Å²) in [7, 11) is 0. The van der Waals surface area contributed by atoms with Crippen molar-refractivity contribution in [2.75, 3.05) is 0 Å². The van der Waals surface area contributed by atoms with Crippen molar-refractivity contribution >= 4 is 23.2 Å². The van der Waals surface area contributed by atoms with Gasteiger partial charge in [0.1, 0.15) is 10.9 Å². The third-order valence-corrected chi connectivity index (χ3v) is 1.84. The van der Waals surface area contributed by atoms with Crippen LogP contribution in [0.3, 0.4) is 0 Å². The Labute approximate surface area is 70.5 Å². The molecule has 1 heterocycles. The lowest BCUT2D eigenvalue weighted by Gasteiger charge is -2.21. The van der Waals surface area contributed by atoms with E-state index in [9.17, 15) is 13.2 Å². The number of hydrogen-bond acceptors (Lipinski definition) is 1. The van der Waals surface area contributed by atoms with Crippen molar-refractivity contribution in [1.82, 2.24) is 5.32 Å². The van der Waals surface area contributed by atoms with Crippen molar-refractivity contribution in [3.8, 4) is 0 Å². The van der Waals surface area contributed by atoms with Crippen LogP contribution in [-0.4, -0.2) is 5.25 Å². The maximum absolute atomic E-state index is 12.7. The summed E-state index contributed by atoms with van der Waals surface area (Å²) in [6, 6.07) is 0. The van der Waals surface area contributed by atoms with Gasteiger partial charge in [-0.05, 0) is 0 Å². The first-order valence-electron chi connectivity index (χ1n) is 2.52. The zero-order chi connectivity index (χ0) is 8.65. The van der Waals surface area contributed by atoms with Gasteiger partial charge in [-0.15, -0.1) is 0 Å². The topological polar surface area (TPSA) is 12.0 Å². The van der Waals surface area contributed by atoms with Gasteiger partial charge in [-0.1, -0.05) is 23.2 Å². The first kappa shape index (κ1) is 8.74. The highest BCUT2D eigenvalue weighted by Gasteiger charge is 2.37. The summed E-state index contributed by atoms with van der Waals surface area (Å²) in [4.78, 5) is 0. The number of nitrogens with one attached hydrogen (secondary N) is 1. The standard InChI is InChI=1S/C5H2Cl2F3N/c6-4-2(8)1-3(9)11-5(4,7)10/h1,11H. The molecule has 0 fully saturated rings. The van der Waals surface area contributed by atoms with Crippen molar-refractivity contribution in [2.45, 2.75) is 5.25 Å². The van der Waals surface area contributed by atoms with Crippen LogP contribution in [-0.2, 0) is 0 Å². The van der Waals surface area contributed by atoms with Gasteiger partial charge in [-0.3, -0.25) is 0 Å². The number of allylic oxidation sites excluding steroid dienone is 2. The molecule has 6 heteroatoms. The normalized spacial score (nSPS) is 31.5. The predicted molar refractivity (Wildman–Crippen MR) is 36.0 cm³/mol. The van der Waals surface area contributed by atoms with Gasteiger partial charge in [0.25, 0.3) is 5.25 Å². The van der Waals surface area contributed by atoms with Gasteiger partial charge >= 0.3 is 0 Å². The number of halogens is 5. The smallest absolute Gasteiger partial charge is 0.297 e. The van der Waals surface area contributed by atoms with E-state index in [1.54, 1.807) is 0 Å². The summed E-state index contributed by atoms with van der Waals surface area (Å²) in [6.07, 6.45) is 0.405. The van der Waals surface area contributed by atoms with Crippen LogP contribution in [0.25, 0.3) is 0 Å². The molecule has 0 radical (unpaired) electrons. The molecule has 11 heavy (non-hydrogen) atoms. The van der Waals surface area contributed by atoms with Gasteiger partial charge in [0.05, 0.1) is 0 Å². The van der Waals surface area contributed by atoms with Crippen molar-refractivity contribution in [2.24, 2.45) is 0 Å². The molecule has 0 bridgehead atoms. The molecule has 0 saturated carbocycles. The van der Waals surface area contributed by atoms with Crippen LogP contribution >= 0.6 is 23.2 Å². The number of hydrogen-bond donors (Lipinski definition) is 1. The van der Waals surface area contributed by atoms with Crippen LogP contribution in [0, 0.1) is 0 Å². The number of alkyl halides is 2. The fourth-order valence-electron chi connectivity index (χ4n) is 0.566. The van der Waals surface area contributed by atoms with E-state index < -0.39 is 22.1 Å². The minimum atomic E-state index is -2.87. The van der Waals surface area contributed by atoms with E-state index in [-0.39, 0.29) is 0 Å². The largest absolute Gasteiger partial charge is 0.313 e. The van der Waals surface area contributed by atoms with Crippen LogP contribution in [0.5, 0.6) is 0 Å². The maximum atomic E-state index is 12.7. The highest BCUT2D eigenvalue weighted by molar-refractivity contribution is 6.39. The van der Waals surface area contributed by atoms with Crippen molar-refractivity contribution in [3.63, 3.8) is 0 Å². The Kier molecular flexibility index (Phi) is 2.07. The monoisotopic (exact) mass is 203 g/mol. The Bertz CT molecular complexity index is 246. The lowest BCUT2D eigenvalue weighted by Crippen LogP contribution is -2.36. The lowest BCUT2D eigenvalue weighted by molar-refractivity contribution is 0.264. The molecule has 0 aromatic carbocycles. The van der Waals surface area contributed by atoms with Crippen LogP contribution in [0.1, 0.15) is 0 Å². The molecule has 62 valence electrons. The van der Waals surface area contributed by atoms with Gasteiger partial charge in [0, 0.05) is 6.08 Å². The SMILES string of the molecule is FC1=CC(F)=C(Cl)C(F)(Cl)N1. The molecule has 1 unspecified atom stereocenters. The second-order valence-corrected chi connectivity index (χ2v) is 2.75. The fraction of sp³-hybridized carbons (Fsp3) is 0.200. The summed E-state index contributed by atoms with van der Waals surface area (Å²) in [6.45, 7) is 0. The Morgan fingerprint density at radius 1 is 1.45 bits per heavy atom. The van der Waals surface area contributed by atoms with E-state index in [4.69, 9.17) is 23.2 Å². The van der Waals surface area contributed by atoms with E-state index in [2.05, 4.69) is 0 Å². The van der Waals surface area contributed by atoms with E-state index in [1.165, 1.54) is 5.32 Å². The fourth-order valence-corrected chi connectivity index (χ4v) is 0.848. The summed E-state index contributed by atoms with van der Waals surface area (Å²) in [5.74, 6) is -2.43. The molecular weight excluding hydrogens is 202 g/mol. The molecule has 1 aliphatic heterocycles. The van der Waals surface area contributed by atoms with E-state index in [0.717, 1.165) is 0 Å². The first-order chi connectivity index (χ1) is 4.93. The zero-order valence-corrected chi connectivity index (χ0v) is 6.48. The van der Waals surface area contributed by atoms with E-state index in [0.29, 0.717) is 6.08 Å². The second kappa shape index (κ2) is 2.60. The molecule has 0 aromatic heterocycles. The summed E-state index contributed by atoms with van der Waals surface area (Å²) >= 11 is 9.97. The molecular formula is C5H2Cl2F3N. The summed E-state index contributed by atoms with van der Waals surface area (Å²) < 4.78 is 37.3. The van der Waals surface area contributed by atoms with Crippen LogP contribution < -0.4 is 5.32 Å². The van der Waals surface area contributed by atoms with E-state index in [1.807, 2.05) is 0 Å². The van der Waals surface area contributed by atoms with Crippen molar-refractivity contribution < 1.29 is 13.2 Å². The van der Waals surface area contributed by atoms with Gasteiger partial charge in [-0.25, -0.2) is 4.39 Å². The second-order valence-electron chi connectivity index (χ2n) is 1.85. The first-order valence-corrected chi connectivity index (χ1v) is 3.28. The lowest BCUT2D eigenvalue weighted by atomic mass is 10.3. The van der Waals surface area contributed by atoms with Gasteiger partial charge in [0.15, 0.2) is 5.95 Å². The van der Waals surface area contributed by atoms with Crippen LogP contribution in [0.15, 0.2) is 22.9 Å². The Hall–Kier alpha value is -0.350. The molecule has 0 aromatic rings. The Balaban J connectivity index is 3.07. The highest BCUT2D eigenvalue weighted by atomic mass is 35.5. The maximum Gasteiger partial charge on any atom is 0.297 e. The molecule has 0 spiro atoms. The minimum Gasteiger partial charge on any atom is -0.313 e. The summed E-state index contributed by atoms with van der Waals surface area (Å²) in [5.41, 5.74) is 0. The third-order valence-electron chi connectivity index (χ3n) is 1.02. The molecule has 1 aliphatic rings. The van der Waals surface area contributed by atoms with Gasteiger partial charge in [0.2, 0.25) is 0 Å². The average molecular weight is 204 g/mol. The summed E-state index contributed by atoms with van der Waals surface area (Å²) in [5, 5.41) is -2.27. The molecule has 0 saturated heterocycles. The molecule has 1 rings (SSSR count). The predicted octanol–water partition coefficient (Wildman–Crippen LogP) is 2.68. The minimum absolute atomic E-state index is 0.405. The molecule has 0 aliphatic carbocycles. The molecule has 1 nitrogen and oxygen atoms in total. The van der Waals surface area contributed by atoms with Gasteiger partial charge < -0.3 is 5.32 Å². The van der Waals surface area contributed by atoms with Crippen LogP contribution in [0.4, 0.5) is 13.2 Å². The van der Waals surface area contributed by atoms with Crippen LogP contribution in [0.2, 0.25) is 0 Å². The quantitative estimate of drug-likeness (QED) is 0.472. The highest BCUT2D eigenvalue weighted by Crippen LogP contribution is 2.35. The Morgan fingerprint density at radius 3 is 2.45 bits per heavy atom. The molecule has 0 amide bonds. The van der Waals surface area contributed by atoms with Crippen molar-refractivity contribution in [3.05, 3.63) is 22.9 Å². The molecule has 1 atom stereocenters. The zero-order valence-electron chi connectivity index (χ0n) is 4.97. The third kappa shape index (κ3) is 1.62. The van der Waals surface area contributed by atoms with E-state index >= 15 is 0 Å². The Morgan fingerprint density at radius 2 is 2.00 bits per heavy atom. The number of dihydropyridines is 1. The van der Waals surface area contributed by atoms with Gasteiger partial charge in [-0.2, -0.15) is 8.78 Å². The average Bonchev–Trinajstić information content (AvgIpc) is 1.81. The number of rotatable bonds is 0. The van der Waals surface area contributed by atoms with Crippen molar-refractivity contribution in [1.29, 1.82) is 0 Å². The molecule has 1 N–H and O–H groups in total.